The monoisotopic (exact) mass is 331 g/mol. The maximum atomic E-state index is 12.3. The van der Waals surface area contributed by atoms with E-state index in [2.05, 4.69) is 0 Å². The normalized spacial score (nSPS) is 13.7. The minimum atomic E-state index is -4.44. The van der Waals surface area contributed by atoms with Crippen LogP contribution in [0, 0.1) is 3.57 Å². The third-order valence-corrected chi connectivity index (χ3v) is 2.58. The van der Waals surface area contributed by atoms with Crippen molar-refractivity contribution in [3.63, 3.8) is 0 Å². The van der Waals surface area contributed by atoms with Gasteiger partial charge in [-0.25, -0.2) is 0 Å². The van der Waals surface area contributed by atoms with Crippen molar-refractivity contribution in [2.75, 3.05) is 6.54 Å². The standard InChI is InChI=1S/C9H9F3INO/c10-9(11,12)8(5-14)15-7-4-2-1-3-6(7)13/h1-4,8H,5,14H2. The lowest BCUT2D eigenvalue weighted by molar-refractivity contribution is -0.191. The number of alkyl halides is 3. The highest BCUT2D eigenvalue weighted by Gasteiger charge is 2.40. The second kappa shape index (κ2) is 5.02. The smallest absolute Gasteiger partial charge is 0.426 e. The van der Waals surface area contributed by atoms with Crippen LogP contribution in [0.2, 0.25) is 0 Å². The largest absolute Gasteiger partial charge is 0.478 e. The zero-order valence-electron chi connectivity index (χ0n) is 7.59. The summed E-state index contributed by atoms with van der Waals surface area (Å²) < 4.78 is 42.4. The summed E-state index contributed by atoms with van der Waals surface area (Å²) in [5.74, 6) is 0.200. The average Bonchev–Trinajstić information content (AvgIpc) is 2.14. The summed E-state index contributed by atoms with van der Waals surface area (Å²) in [5.41, 5.74) is 5.01. The molecule has 0 fully saturated rings. The Labute approximate surface area is 98.7 Å². The second-order valence-corrected chi connectivity index (χ2v) is 3.98. The summed E-state index contributed by atoms with van der Waals surface area (Å²) in [4.78, 5) is 0. The minimum Gasteiger partial charge on any atom is -0.478 e. The third kappa shape index (κ3) is 3.53. The van der Waals surface area contributed by atoms with Crippen molar-refractivity contribution in [3.8, 4) is 5.75 Å². The van der Waals surface area contributed by atoms with Crippen LogP contribution in [0.3, 0.4) is 0 Å². The van der Waals surface area contributed by atoms with Gasteiger partial charge in [0, 0.05) is 6.54 Å². The maximum absolute atomic E-state index is 12.3. The molecule has 0 aliphatic rings. The van der Waals surface area contributed by atoms with Crippen LogP contribution in [0.5, 0.6) is 5.75 Å². The molecule has 0 aliphatic carbocycles. The van der Waals surface area contributed by atoms with E-state index < -0.39 is 18.8 Å². The molecule has 0 aromatic heterocycles. The fraction of sp³-hybridized carbons (Fsp3) is 0.333. The number of nitrogens with two attached hydrogens (primary N) is 1. The summed E-state index contributed by atoms with van der Waals surface area (Å²) in [5, 5.41) is 0. The van der Waals surface area contributed by atoms with E-state index in [0.29, 0.717) is 3.57 Å². The van der Waals surface area contributed by atoms with E-state index in [0.717, 1.165) is 0 Å². The fourth-order valence-corrected chi connectivity index (χ4v) is 1.46. The van der Waals surface area contributed by atoms with E-state index in [1.165, 1.54) is 6.07 Å². The van der Waals surface area contributed by atoms with E-state index in [1.807, 2.05) is 22.6 Å². The molecule has 0 saturated heterocycles. The van der Waals surface area contributed by atoms with Crippen molar-refractivity contribution in [2.45, 2.75) is 12.3 Å². The van der Waals surface area contributed by atoms with E-state index in [1.54, 1.807) is 18.2 Å². The number of hydrogen-bond acceptors (Lipinski definition) is 2. The van der Waals surface area contributed by atoms with Gasteiger partial charge in [-0.05, 0) is 34.7 Å². The zero-order chi connectivity index (χ0) is 11.5. The molecule has 0 bridgehead atoms. The molecule has 0 spiro atoms. The maximum Gasteiger partial charge on any atom is 0.426 e. The van der Waals surface area contributed by atoms with Crippen molar-refractivity contribution in [1.29, 1.82) is 0 Å². The molecular weight excluding hydrogens is 322 g/mol. The van der Waals surface area contributed by atoms with Crippen LogP contribution in [-0.4, -0.2) is 18.8 Å². The molecule has 6 heteroatoms. The fourth-order valence-electron chi connectivity index (χ4n) is 0.942. The Kier molecular flexibility index (Phi) is 4.21. The number of para-hydroxylation sites is 1. The quantitative estimate of drug-likeness (QED) is 0.864. The van der Waals surface area contributed by atoms with Gasteiger partial charge in [-0.15, -0.1) is 0 Å². The molecule has 2 nitrogen and oxygen atoms in total. The second-order valence-electron chi connectivity index (χ2n) is 2.81. The van der Waals surface area contributed by atoms with Gasteiger partial charge in [-0.1, -0.05) is 12.1 Å². The van der Waals surface area contributed by atoms with Crippen molar-refractivity contribution in [2.24, 2.45) is 5.73 Å². The van der Waals surface area contributed by atoms with Gasteiger partial charge in [0.05, 0.1) is 3.57 Å². The molecule has 0 radical (unpaired) electrons. The number of benzene rings is 1. The molecule has 1 atom stereocenters. The molecule has 0 aliphatic heterocycles. The van der Waals surface area contributed by atoms with Crippen LogP contribution in [0.25, 0.3) is 0 Å². The Morgan fingerprint density at radius 1 is 1.33 bits per heavy atom. The molecule has 0 amide bonds. The summed E-state index contributed by atoms with van der Waals surface area (Å²) >= 11 is 1.91. The van der Waals surface area contributed by atoms with Crippen molar-refractivity contribution in [3.05, 3.63) is 27.8 Å². The Balaban J connectivity index is 2.80. The molecular formula is C9H9F3INO. The molecule has 0 heterocycles. The number of hydrogen-bond donors (Lipinski definition) is 1. The van der Waals surface area contributed by atoms with E-state index in [4.69, 9.17) is 10.5 Å². The number of rotatable bonds is 3. The van der Waals surface area contributed by atoms with Crippen molar-refractivity contribution >= 4 is 22.6 Å². The van der Waals surface area contributed by atoms with Gasteiger partial charge in [0.15, 0.2) is 0 Å². The van der Waals surface area contributed by atoms with Gasteiger partial charge in [0.2, 0.25) is 6.10 Å². The Hall–Kier alpha value is -0.500. The highest BCUT2D eigenvalue weighted by Crippen LogP contribution is 2.27. The average molecular weight is 331 g/mol. The molecule has 1 rings (SSSR count). The van der Waals surface area contributed by atoms with Crippen LogP contribution in [0.1, 0.15) is 0 Å². The van der Waals surface area contributed by atoms with Crippen LogP contribution >= 0.6 is 22.6 Å². The van der Waals surface area contributed by atoms with E-state index >= 15 is 0 Å². The highest BCUT2D eigenvalue weighted by atomic mass is 127. The van der Waals surface area contributed by atoms with Gasteiger partial charge >= 0.3 is 6.18 Å². The molecule has 15 heavy (non-hydrogen) atoms. The molecule has 84 valence electrons. The lowest BCUT2D eigenvalue weighted by atomic mass is 10.3. The summed E-state index contributed by atoms with van der Waals surface area (Å²) in [6, 6.07) is 6.48. The highest BCUT2D eigenvalue weighted by molar-refractivity contribution is 14.1. The number of halogens is 4. The van der Waals surface area contributed by atoms with Gasteiger partial charge in [0.25, 0.3) is 0 Å². The first kappa shape index (κ1) is 12.6. The predicted molar refractivity (Wildman–Crippen MR) is 58.7 cm³/mol. The summed E-state index contributed by atoms with van der Waals surface area (Å²) in [6.45, 7) is -0.589. The Morgan fingerprint density at radius 3 is 2.40 bits per heavy atom. The third-order valence-electron chi connectivity index (χ3n) is 1.69. The lowest BCUT2D eigenvalue weighted by Crippen LogP contribution is -2.40. The first-order valence-corrected chi connectivity index (χ1v) is 5.21. The number of ether oxygens (including phenoxy) is 1. The molecule has 1 aromatic carbocycles. The van der Waals surface area contributed by atoms with Crippen molar-refractivity contribution < 1.29 is 17.9 Å². The van der Waals surface area contributed by atoms with Crippen LogP contribution in [0.15, 0.2) is 24.3 Å². The SMILES string of the molecule is NCC(Oc1ccccc1I)C(F)(F)F. The first-order chi connectivity index (χ1) is 6.95. The topological polar surface area (TPSA) is 35.2 Å². The minimum absolute atomic E-state index is 0.200. The molecule has 1 aromatic rings. The van der Waals surface area contributed by atoms with Crippen LogP contribution in [0.4, 0.5) is 13.2 Å². The summed E-state index contributed by atoms with van der Waals surface area (Å²) in [6.07, 6.45) is -6.39. The van der Waals surface area contributed by atoms with Gasteiger partial charge < -0.3 is 10.5 Å². The first-order valence-electron chi connectivity index (χ1n) is 4.13. The summed E-state index contributed by atoms with van der Waals surface area (Å²) in [7, 11) is 0. The van der Waals surface area contributed by atoms with Crippen molar-refractivity contribution in [1.82, 2.24) is 0 Å². The van der Waals surface area contributed by atoms with Gasteiger partial charge in [0.1, 0.15) is 5.75 Å². The lowest BCUT2D eigenvalue weighted by Gasteiger charge is -2.20. The molecule has 1 unspecified atom stereocenters. The predicted octanol–water partition coefficient (Wildman–Crippen LogP) is 2.56. The van der Waals surface area contributed by atoms with Crippen LogP contribution < -0.4 is 10.5 Å². The van der Waals surface area contributed by atoms with E-state index in [-0.39, 0.29) is 5.75 Å². The van der Waals surface area contributed by atoms with Gasteiger partial charge in [-0.2, -0.15) is 13.2 Å². The van der Waals surface area contributed by atoms with E-state index in [9.17, 15) is 13.2 Å². The van der Waals surface area contributed by atoms with Crippen LogP contribution in [-0.2, 0) is 0 Å². The zero-order valence-corrected chi connectivity index (χ0v) is 9.75. The molecule has 2 N–H and O–H groups in total. The Bertz CT molecular complexity index is 329. The van der Waals surface area contributed by atoms with Gasteiger partial charge in [-0.3, -0.25) is 0 Å². The Morgan fingerprint density at radius 2 is 1.93 bits per heavy atom. The molecule has 0 saturated carbocycles.